The molecule has 1 atom stereocenters. The van der Waals surface area contributed by atoms with Crippen molar-refractivity contribution < 1.29 is 23.1 Å². The van der Waals surface area contributed by atoms with E-state index in [4.69, 9.17) is 0 Å². The number of aliphatic hydroxyl groups excluding tert-OH is 1. The number of nitrogens with one attached hydrogen (secondary N) is 1. The van der Waals surface area contributed by atoms with Crippen LogP contribution in [0.4, 0.5) is 24.7 Å². The number of aryl methyl sites for hydroxylation is 2. The Hall–Kier alpha value is -2.20. The van der Waals surface area contributed by atoms with Gasteiger partial charge in [-0.25, -0.2) is 9.97 Å². The fourth-order valence-electron chi connectivity index (χ4n) is 3.22. The van der Waals surface area contributed by atoms with Gasteiger partial charge in [-0.2, -0.15) is 13.2 Å². The number of fused-ring (bicyclic) bond motifs is 1. The van der Waals surface area contributed by atoms with Crippen LogP contribution < -0.4 is 10.2 Å². The summed E-state index contributed by atoms with van der Waals surface area (Å²) in [6, 6.07) is 1.88. The van der Waals surface area contributed by atoms with Crippen molar-refractivity contribution >= 4 is 28.7 Å². The second-order valence-corrected chi connectivity index (χ2v) is 9.65. The van der Waals surface area contributed by atoms with E-state index in [0.29, 0.717) is 41.5 Å². The van der Waals surface area contributed by atoms with Crippen molar-refractivity contribution in [3.05, 3.63) is 33.4 Å². The number of pyridine rings is 1. The van der Waals surface area contributed by atoms with Gasteiger partial charge >= 0.3 is 6.18 Å². The van der Waals surface area contributed by atoms with E-state index in [1.807, 2.05) is 11.0 Å². The molecular formula is C20H25F3N4O2S. The Bertz CT molecular complexity index is 937. The van der Waals surface area contributed by atoms with Crippen LogP contribution in [0.1, 0.15) is 48.3 Å². The average molecular weight is 443 g/mol. The molecule has 3 rings (SSSR count). The van der Waals surface area contributed by atoms with Gasteiger partial charge in [0.15, 0.2) is 5.01 Å². The highest BCUT2D eigenvalue weighted by molar-refractivity contribution is 7.11. The molecule has 0 spiro atoms. The number of carbonyl (C=O) groups is 1. The maximum absolute atomic E-state index is 12.8. The van der Waals surface area contributed by atoms with Crippen LogP contribution in [0.3, 0.4) is 0 Å². The first-order valence-electron chi connectivity index (χ1n) is 9.62. The summed E-state index contributed by atoms with van der Waals surface area (Å²) in [6.07, 6.45) is -2.85. The molecule has 0 bridgehead atoms. The van der Waals surface area contributed by atoms with Gasteiger partial charge < -0.3 is 15.3 Å². The predicted octanol–water partition coefficient (Wildman–Crippen LogP) is 4.16. The van der Waals surface area contributed by atoms with Gasteiger partial charge in [-0.3, -0.25) is 4.79 Å². The van der Waals surface area contributed by atoms with Crippen molar-refractivity contribution in [2.45, 2.75) is 59.4 Å². The van der Waals surface area contributed by atoms with Gasteiger partial charge in [-0.1, -0.05) is 20.8 Å². The number of alkyl halides is 3. The number of hydrogen-bond donors (Lipinski definition) is 2. The summed E-state index contributed by atoms with van der Waals surface area (Å²) in [5, 5.41) is 12.0. The van der Waals surface area contributed by atoms with Crippen LogP contribution in [0.25, 0.3) is 0 Å². The van der Waals surface area contributed by atoms with Gasteiger partial charge in [0.05, 0.1) is 17.9 Å². The zero-order valence-electron chi connectivity index (χ0n) is 17.3. The topological polar surface area (TPSA) is 78.3 Å². The molecule has 3 heterocycles. The van der Waals surface area contributed by atoms with Crippen molar-refractivity contribution in [2.75, 3.05) is 16.8 Å². The van der Waals surface area contributed by atoms with E-state index >= 15 is 0 Å². The monoisotopic (exact) mass is 442 g/mol. The summed E-state index contributed by atoms with van der Waals surface area (Å²) in [4.78, 5) is 22.9. The van der Waals surface area contributed by atoms with Crippen LogP contribution in [0.15, 0.2) is 12.3 Å². The summed E-state index contributed by atoms with van der Waals surface area (Å²) in [6.45, 7) is 8.12. The van der Waals surface area contributed by atoms with Gasteiger partial charge in [-0.05, 0) is 36.8 Å². The van der Waals surface area contributed by atoms with E-state index in [1.165, 1.54) is 6.20 Å². The van der Waals surface area contributed by atoms with Crippen molar-refractivity contribution in [1.82, 2.24) is 9.97 Å². The second kappa shape index (κ2) is 8.14. The SMILES string of the molecule is Cc1cc2c(nc1NC(=O)[C@H](O)C(C)(C)C)CCCN2Cc1cnc(C(F)(F)F)s1. The molecular weight excluding hydrogens is 417 g/mol. The fourth-order valence-corrected chi connectivity index (χ4v) is 4.02. The first-order valence-corrected chi connectivity index (χ1v) is 10.4. The predicted molar refractivity (Wildman–Crippen MR) is 110 cm³/mol. The quantitative estimate of drug-likeness (QED) is 0.743. The van der Waals surface area contributed by atoms with E-state index in [1.54, 1.807) is 27.7 Å². The minimum Gasteiger partial charge on any atom is -0.383 e. The highest BCUT2D eigenvalue weighted by atomic mass is 32.1. The molecule has 0 radical (unpaired) electrons. The van der Waals surface area contributed by atoms with Crippen LogP contribution in [0.5, 0.6) is 0 Å². The van der Waals surface area contributed by atoms with E-state index in [9.17, 15) is 23.1 Å². The maximum Gasteiger partial charge on any atom is 0.443 e. The normalized spacial score (nSPS) is 15.7. The number of hydrogen-bond acceptors (Lipinski definition) is 6. The minimum atomic E-state index is -4.44. The number of thiazole rings is 1. The van der Waals surface area contributed by atoms with Gasteiger partial charge in [0.25, 0.3) is 5.91 Å². The molecule has 1 amide bonds. The van der Waals surface area contributed by atoms with Gasteiger partial charge in [0.1, 0.15) is 11.9 Å². The van der Waals surface area contributed by atoms with Gasteiger partial charge in [0.2, 0.25) is 0 Å². The first kappa shape index (κ1) is 22.5. The molecule has 2 N–H and O–H groups in total. The molecule has 2 aromatic rings. The number of nitrogens with zero attached hydrogens (tertiary/aromatic N) is 3. The third-order valence-electron chi connectivity index (χ3n) is 4.90. The molecule has 10 heteroatoms. The number of halogens is 3. The Morgan fingerprint density at radius 1 is 1.37 bits per heavy atom. The van der Waals surface area contributed by atoms with E-state index < -0.39 is 28.6 Å². The zero-order chi connectivity index (χ0) is 22.3. The Balaban J connectivity index is 1.80. The Morgan fingerprint density at radius 3 is 2.67 bits per heavy atom. The van der Waals surface area contributed by atoms with Crippen molar-refractivity contribution in [3.8, 4) is 0 Å². The lowest BCUT2D eigenvalue weighted by atomic mass is 9.88. The summed E-state index contributed by atoms with van der Waals surface area (Å²) in [7, 11) is 0. The molecule has 1 aliphatic rings. The lowest BCUT2D eigenvalue weighted by molar-refractivity contribution is -0.137. The molecule has 0 unspecified atom stereocenters. The van der Waals surface area contributed by atoms with Gasteiger partial charge in [-0.15, -0.1) is 11.3 Å². The Morgan fingerprint density at radius 2 is 2.07 bits per heavy atom. The maximum atomic E-state index is 12.8. The van der Waals surface area contributed by atoms with Crippen molar-refractivity contribution in [1.29, 1.82) is 0 Å². The van der Waals surface area contributed by atoms with E-state index in [-0.39, 0.29) is 0 Å². The third-order valence-corrected chi connectivity index (χ3v) is 5.93. The minimum absolute atomic E-state index is 0.316. The highest BCUT2D eigenvalue weighted by Gasteiger charge is 2.35. The summed E-state index contributed by atoms with van der Waals surface area (Å²) in [5.74, 6) is -0.129. The van der Waals surface area contributed by atoms with Crippen LogP contribution in [-0.4, -0.2) is 33.6 Å². The van der Waals surface area contributed by atoms with Crippen molar-refractivity contribution in [3.63, 3.8) is 0 Å². The molecule has 30 heavy (non-hydrogen) atoms. The molecule has 164 valence electrons. The Labute approximate surface area is 177 Å². The molecule has 1 aliphatic heterocycles. The molecule has 0 saturated heterocycles. The smallest absolute Gasteiger partial charge is 0.383 e. The van der Waals surface area contributed by atoms with E-state index in [2.05, 4.69) is 15.3 Å². The van der Waals surface area contributed by atoms with Crippen LogP contribution in [0.2, 0.25) is 0 Å². The van der Waals surface area contributed by atoms with Crippen LogP contribution >= 0.6 is 11.3 Å². The molecule has 0 fully saturated rings. The Kier molecular flexibility index (Phi) is 6.10. The number of anilines is 2. The molecule has 0 aromatic carbocycles. The average Bonchev–Trinajstić information content (AvgIpc) is 3.10. The van der Waals surface area contributed by atoms with E-state index in [0.717, 1.165) is 23.4 Å². The fraction of sp³-hybridized carbons (Fsp3) is 0.550. The third kappa shape index (κ3) is 4.92. The largest absolute Gasteiger partial charge is 0.443 e. The zero-order valence-corrected chi connectivity index (χ0v) is 18.1. The lowest BCUT2D eigenvalue weighted by Crippen LogP contribution is -2.38. The second-order valence-electron chi connectivity index (χ2n) is 8.53. The summed E-state index contributed by atoms with van der Waals surface area (Å²) >= 11 is 0.646. The molecule has 0 aliphatic carbocycles. The van der Waals surface area contributed by atoms with Crippen LogP contribution in [0, 0.1) is 12.3 Å². The first-order chi connectivity index (χ1) is 13.9. The highest BCUT2D eigenvalue weighted by Crippen LogP contribution is 2.35. The number of amides is 1. The summed E-state index contributed by atoms with van der Waals surface area (Å²) in [5.41, 5.74) is 1.73. The molecule has 2 aromatic heterocycles. The molecule has 6 nitrogen and oxygen atoms in total. The van der Waals surface area contributed by atoms with Crippen molar-refractivity contribution in [2.24, 2.45) is 5.41 Å². The molecule has 0 saturated carbocycles. The number of rotatable bonds is 4. The number of aliphatic hydroxyl groups is 1. The number of carbonyl (C=O) groups excluding carboxylic acids is 1. The standard InChI is InChI=1S/C20H25F3N4O2S/c1-11-8-14-13(25-16(11)26-17(29)15(28)19(2,3)4)6-5-7-27(14)10-12-9-24-18(30-12)20(21,22)23/h8-9,15,28H,5-7,10H2,1-4H3,(H,25,26,29)/t15-/m0/s1. The lowest BCUT2D eigenvalue weighted by Gasteiger charge is -2.31. The number of aromatic nitrogens is 2. The van der Waals surface area contributed by atoms with Crippen LogP contribution in [-0.2, 0) is 23.9 Å². The summed E-state index contributed by atoms with van der Waals surface area (Å²) < 4.78 is 38.5. The van der Waals surface area contributed by atoms with Gasteiger partial charge in [0, 0.05) is 17.6 Å².